The Hall–Kier alpha value is -2.44. The maximum atomic E-state index is 12.2. The van der Waals surface area contributed by atoms with Crippen LogP contribution in [-0.2, 0) is 11.3 Å². The highest BCUT2D eigenvalue weighted by molar-refractivity contribution is 7.16. The van der Waals surface area contributed by atoms with E-state index in [1.165, 1.54) is 17.4 Å². The lowest BCUT2D eigenvalue weighted by Crippen LogP contribution is -2.15. The molecule has 6 heteroatoms. The third-order valence-electron chi connectivity index (χ3n) is 3.33. The lowest BCUT2D eigenvalue weighted by molar-refractivity contribution is -0.113. The number of aromatic nitrogens is 1. The quantitative estimate of drug-likeness (QED) is 0.510. The fraction of sp³-hybridized carbons (Fsp3) is 0.111. The molecule has 0 radical (unpaired) electrons. The number of thiophene rings is 1. The number of amides is 1. The number of benzene rings is 1. The van der Waals surface area contributed by atoms with Crippen molar-refractivity contribution in [2.45, 2.75) is 6.54 Å². The van der Waals surface area contributed by atoms with Crippen LogP contribution in [0.5, 0.6) is 5.75 Å². The van der Waals surface area contributed by atoms with E-state index in [0.717, 1.165) is 20.8 Å². The first-order valence-electron chi connectivity index (χ1n) is 7.30. The number of methoxy groups -OCH3 is 1. The van der Waals surface area contributed by atoms with Gasteiger partial charge in [0.1, 0.15) is 11.3 Å². The second kappa shape index (κ2) is 7.42. The van der Waals surface area contributed by atoms with Crippen molar-refractivity contribution in [3.05, 3.63) is 64.1 Å². The minimum Gasteiger partial charge on any atom is -0.495 e. The average molecular weight is 356 g/mol. The first kappa shape index (κ1) is 16.4. The van der Waals surface area contributed by atoms with Crippen LogP contribution >= 0.6 is 22.7 Å². The van der Waals surface area contributed by atoms with Crippen LogP contribution in [0.15, 0.2) is 59.4 Å². The summed E-state index contributed by atoms with van der Waals surface area (Å²) in [7, 11) is 1.64. The Morgan fingerprint density at radius 1 is 1.38 bits per heavy atom. The standard InChI is InChI=1S/C18H16N2O2S2/c1-3-11-20-17-14(22-2)7-4-8-15(17)24-18(20)19-16(21)10-9-13-6-5-12-23-13/h3-10,12H,1,11H2,2H3/b10-9+,19-18?. The third kappa shape index (κ3) is 3.39. The molecule has 0 aliphatic rings. The van der Waals surface area contributed by atoms with E-state index in [-0.39, 0.29) is 5.91 Å². The first-order valence-corrected chi connectivity index (χ1v) is 9.00. The van der Waals surface area contributed by atoms with Gasteiger partial charge in [-0.2, -0.15) is 4.99 Å². The molecule has 3 rings (SSSR count). The van der Waals surface area contributed by atoms with Gasteiger partial charge in [-0.15, -0.1) is 17.9 Å². The number of para-hydroxylation sites is 1. The van der Waals surface area contributed by atoms with Crippen molar-refractivity contribution in [1.82, 2.24) is 4.57 Å². The van der Waals surface area contributed by atoms with Crippen molar-refractivity contribution in [3.63, 3.8) is 0 Å². The van der Waals surface area contributed by atoms with Gasteiger partial charge < -0.3 is 9.30 Å². The number of fused-ring (bicyclic) bond motifs is 1. The molecule has 0 N–H and O–H groups in total. The smallest absolute Gasteiger partial charge is 0.272 e. The number of allylic oxidation sites excluding steroid dienone is 1. The minimum atomic E-state index is -0.285. The molecular weight excluding hydrogens is 340 g/mol. The Balaban J connectivity index is 2.06. The average Bonchev–Trinajstić information content (AvgIpc) is 3.21. The molecule has 0 aliphatic heterocycles. The predicted octanol–water partition coefficient (Wildman–Crippen LogP) is 4.10. The Morgan fingerprint density at radius 2 is 2.25 bits per heavy atom. The molecule has 2 aromatic heterocycles. The van der Waals surface area contributed by atoms with Gasteiger partial charge in [0.15, 0.2) is 4.80 Å². The Morgan fingerprint density at radius 3 is 2.96 bits per heavy atom. The van der Waals surface area contributed by atoms with Gasteiger partial charge in [0.2, 0.25) is 0 Å². The molecule has 0 atom stereocenters. The van der Waals surface area contributed by atoms with Crippen molar-refractivity contribution in [2.75, 3.05) is 7.11 Å². The predicted molar refractivity (Wildman–Crippen MR) is 100 cm³/mol. The van der Waals surface area contributed by atoms with Crippen LogP contribution in [-0.4, -0.2) is 17.6 Å². The van der Waals surface area contributed by atoms with E-state index >= 15 is 0 Å². The fourth-order valence-corrected chi connectivity index (χ4v) is 4.00. The van der Waals surface area contributed by atoms with Gasteiger partial charge in [0.05, 0.1) is 11.8 Å². The zero-order valence-electron chi connectivity index (χ0n) is 13.1. The topological polar surface area (TPSA) is 43.6 Å². The van der Waals surface area contributed by atoms with E-state index in [1.807, 2.05) is 40.3 Å². The van der Waals surface area contributed by atoms with E-state index in [1.54, 1.807) is 30.6 Å². The van der Waals surface area contributed by atoms with Crippen molar-refractivity contribution in [3.8, 4) is 5.75 Å². The molecule has 0 bridgehead atoms. The van der Waals surface area contributed by atoms with Gasteiger partial charge in [-0.25, -0.2) is 0 Å². The SMILES string of the molecule is C=CCn1c(=NC(=O)/C=C/c2cccs2)sc2cccc(OC)c21. The Bertz CT molecular complexity index is 963. The zero-order valence-corrected chi connectivity index (χ0v) is 14.8. The van der Waals surface area contributed by atoms with Crippen LogP contribution in [0.25, 0.3) is 16.3 Å². The molecule has 3 aromatic rings. The maximum absolute atomic E-state index is 12.2. The van der Waals surface area contributed by atoms with E-state index in [4.69, 9.17) is 4.74 Å². The summed E-state index contributed by atoms with van der Waals surface area (Å²) in [6, 6.07) is 9.72. The van der Waals surface area contributed by atoms with Crippen LogP contribution in [0.2, 0.25) is 0 Å². The van der Waals surface area contributed by atoms with Gasteiger partial charge in [-0.3, -0.25) is 4.79 Å². The largest absolute Gasteiger partial charge is 0.495 e. The molecule has 0 spiro atoms. The van der Waals surface area contributed by atoms with Crippen LogP contribution in [0, 0.1) is 0 Å². The molecule has 0 unspecified atom stereocenters. The van der Waals surface area contributed by atoms with Crippen LogP contribution in [0.1, 0.15) is 4.88 Å². The van der Waals surface area contributed by atoms with E-state index < -0.39 is 0 Å². The second-order valence-electron chi connectivity index (χ2n) is 4.89. The molecular formula is C18H16N2O2S2. The molecule has 122 valence electrons. The zero-order chi connectivity index (χ0) is 16.9. The van der Waals surface area contributed by atoms with Gasteiger partial charge in [-0.05, 0) is 29.7 Å². The Kier molecular flexibility index (Phi) is 5.08. The molecule has 0 saturated heterocycles. The third-order valence-corrected chi connectivity index (χ3v) is 5.22. The van der Waals surface area contributed by atoms with Crippen molar-refractivity contribution in [1.29, 1.82) is 0 Å². The monoisotopic (exact) mass is 356 g/mol. The normalized spacial score (nSPS) is 12.1. The van der Waals surface area contributed by atoms with Crippen molar-refractivity contribution in [2.24, 2.45) is 4.99 Å². The highest BCUT2D eigenvalue weighted by atomic mass is 32.1. The number of thiazole rings is 1. The number of hydrogen-bond donors (Lipinski definition) is 0. The maximum Gasteiger partial charge on any atom is 0.272 e. The molecule has 0 fully saturated rings. The summed E-state index contributed by atoms with van der Waals surface area (Å²) in [4.78, 5) is 18.1. The fourth-order valence-electron chi connectivity index (χ4n) is 2.32. The van der Waals surface area contributed by atoms with Crippen molar-refractivity contribution >= 4 is 44.9 Å². The summed E-state index contributed by atoms with van der Waals surface area (Å²) in [5.41, 5.74) is 0.929. The molecule has 1 amide bonds. The van der Waals surface area contributed by atoms with E-state index in [0.29, 0.717) is 11.3 Å². The molecule has 24 heavy (non-hydrogen) atoms. The van der Waals surface area contributed by atoms with E-state index in [9.17, 15) is 4.79 Å². The molecule has 2 heterocycles. The summed E-state index contributed by atoms with van der Waals surface area (Å²) in [6.07, 6.45) is 5.05. The van der Waals surface area contributed by atoms with Crippen LogP contribution in [0.4, 0.5) is 0 Å². The molecule has 0 aliphatic carbocycles. The molecule has 4 nitrogen and oxygen atoms in total. The van der Waals surface area contributed by atoms with Gasteiger partial charge in [0.25, 0.3) is 5.91 Å². The molecule has 1 aromatic carbocycles. The number of carbonyl (C=O) groups is 1. The second-order valence-corrected chi connectivity index (χ2v) is 6.88. The van der Waals surface area contributed by atoms with Crippen LogP contribution in [0.3, 0.4) is 0 Å². The minimum absolute atomic E-state index is 0.285. The number of hydrogen-bond acceptors (Lipinski definition) is 4. The summed E-state index contributed by atoms with van der Waals surface area (Å²) in [6.45, 7) is 4.35. The first-order chi connectivity index (χ1) is 11.7. The summed E-state index contributed by atoms with van der Waals surface area (Å²) < 4.78 is 8.41. The van der Waals surface area contributed by atoms with E-state index in [2.05, 4.69) is 11.6 Å². The summed E-state index contributed by atoms with van der Waals surface area (Å²) in [5, 5.41) is 1.97. The number of carbonyl (C=O) groups excluding carboxylic acids is 1. The molecule has 0 saturated carbocycles. The summed E-state index contributed by atoms with van der Waals surface area (Å²) in [5.74, 6) is 0.473. The Labute approximate surface area is 147 Å². The highest BCUT2D eigenvalue weighted by Gasteiger charge is 2.10. The lowest BCUT2D eigenvalue weighted by Gasteiger charge is -2.05. The number of rotatable bonds is 5. The van der Waals surface area contributed by atoms with Crippen molar-refractivity contribution < 1.29 is 9.53 Å². The number of ether oxygens (including phenoxy) is 1. The van der Waals surface area contributed by atoms with Gasteiger partial charge in [0, 0.05) is 17.5 Å². The highest BCUT2D eigenvalue weighted by Crippen LogP contribution is 2.27. The van der Waals surface area contributed by atoms with Gasteiger partial charge in [-0.1, -0.05) is 29.5 Å². The lowest BCUT2D eigenvalue weighted by atomic mass is 10.3. The van der Waals surface area contributed by atoms with Gasteiger partial charge >= 0.3 is 0 Å². The van der Waals surface area contributed by atoms with Crippen LogP contribution < -0.4 is 9.54 Å². The summed E-state index contributed by atoms with van der Waals surface area (Å²) >= 11 is 3.04. The number of nitrogens with zero attached hydrogens (tertiary/aromatic N) is 2.